The number of unbranched alkanes of at least 4 members (excludes halogenated alkanes) is 3. The molecule has 5 nitrogen and oxygen atoms in total. The first-order valence-corrected chi connectivity index (χ1v) is 10.6. The monoisotopic (exact) mass is 389 g/mol. The number of rotatable bonds is 8. The molecule has 3 aromatic rings. The number of amides is 1. The standard InChI is InChI=1S/C19H23N3O2S2/c1-3-4-5-6-9-20-16(23)10-22-12-21-18-17(19(22)24)14(11-25-18)15-8-7-13(2)26-15/h7-8,11-12H,3-6,9-10H2,1-2H3,(H,20,23). The molecule has 26 heavy (non-hydrogen) atoms. The van der Waals surface area contributed by atoms with Gasteiger partial charge in [-0.1, -0.05) is 26.2 Å². The summed E-state index contributed by atoms with van der Waals surface area (Å²) in [4.78, 5) is 32.4. The van der Waals surface area contributed by atoms with Crippen LogP contribution in [0.15, 0.2) is 28.6 Å². The van der Waals surface area contributed by atoms with Crippen LogP contribution >= 0.6 is 22.7 Å². The molecule has 0 atom stereocenters. The largest absolute Gasteiger partial charge is 0.355 e. The summed E-state index contributed by atoms with van der Waals surface area (Å²) in [6.45, 7) is 4.87. The van der Waals surface area contributed by atoms with Gasteiger partial charge in [-0.25, -0.2) is 4.98 Å². The van der Waals surface area contributed by atoms with Gasteiger partial charge in [-0.15, -0.1) is 22.7 Å². The van der Waals surface area contributed by atoms with E-state index in [1.807, 2.05) is 24.4 Å². The molecular formula is C19H23N3O2S2. The second kappa shape index (κ2) is 8.60. The van der Waals surface area contributed by atoms with Crippen molar-refractivity contribution in [1.29, 1.82) is 0 Å². The average Bonchev–Trinajstić information content (AvgIpc) is 3.23. The molecule has 0 aliphatic carbocycles. The maximum atomic E-state index is 12.9. The minimum atomic E-state index is -0.154. The fourth-order valence-electron chi connectivity index (χ4n) is 2.83. The Bertz CT molecular complexity index is 955. The highest BCUT2D eigenvalue weighted by atomic mass is 32.1. The van der Waals surface area contributed by atoms with Crippen LogP contribution in [0.25, 0.3) is 20.7 Å². The van der Waals surface area contributed by atoms with E-state index in [9.17, 15) is 9.59 Å². The number of hydrogen-bond acceptors (Lipinski definition) is 5. The lowest BCUT2D eigenvalue weighted by Gasteiger charge is -2.07. The van der Waals surface area contributed by atoms with Crippen molar-refractivity contribution in [3.05, 3.63) is 39.1 Å². The zero-order chi connectivity index (χ0) is 18.5. The molecule has 7 heteroatoms. The molecule has 0 unspecified atom stereocenters. The molecule has 0 saturated carbocycles. The number of thiophene rings is 2. The van der Waals surface area contributed by atoms with Crippen LogP contribution in [0.4, 0.5) is 0 Å². The molecule has 0 bridgehead atoms. The molecule has 3 heterocycles. The third kappa shape index (κ3) is 4.22. The Balaban J connectivity index is 1.77. The normalized spacial score (nSPS) is 11.2. The first-order valence-electron chi connectivity index (χ1n) is 8.90. The minimum Gasteiger partial charge on any atom is -0.355 e. The van der Waals surface area contributed by atoms with Crippen molar-refractivity contribution in [2.45, 2.75) is 46.1 Å². The Morgan fingerprint density at radius 2 is 2.12 bits per heavy atom. The topological polar surface area (TPSA) is 64.0 Å². The number of carbonyl (C=O) groups is 1. The Kier molecular flexibility index (Phi) is 6.21. The molecule has 0 radical (unpaired) electrons. The molecule has 3 aromatic heterocycles. The number of carbonyl (C=O) groups excluding carboxylic acids is 1. The van der Waals surface area contributed by atoms with E-state index in [0.29, 0.717) is 16.8 Å². The molecule has 1 amide bonds. The van der Waals surface area contributed by atoms with Gasteiger partial charge in [0.05, 0.1) is 11.7 Å². The van der Waals surface area contributed by atoms with Crippen molar-refractivity contribution in [1.82, 2.24) is 14.9 Å². The summed E-state index contributed by atoms with van der Waals surface area (Å²) >= 11 is 3.12. The van der Waals surface area contributed by atoms with Gasteiger partial charge in [-0.2, -0.15) is 0 Å². The maximum absolute atomic E-state index is 12.9. The summed E-state index contributed by atoms with van der Waals surface area (Å²) in [5.74, 6) is -0.145. The van der Waals surface area contributed by atoms with Crippen LogP contribution in [-0.2, 0) is 11.3 Å². The van der Waals surface area contributed by atoms with Crippen molar-refractivity contribution in [2.75, 3.05) is 6.54 Å². The van der Waals surface area contributed by atoms with Crippen LogP contribution in [0, 0.1) is 6.92 Å². The van der Waals surface area contributed by atoms with Gasteiger partial charge in [0.15, 0.2) is 0 Å². The molecule has 0 fully saturated rings. The van der Waals surface area contributed by atoms with Gasteiger partial charge in [0.25, 0.3) is 5.56 Å². The zero-order valence-corrected chi connectivity index (χ0v) is 16.7. The summed E-state index contributed by atoms with van der Waals surface area (Å²) in [5.41, 5.74) is 0.758. The molecule has 3 rings (SSSR count). The summed E-state index contributed by atoms with van der Waals surface area (Å²) in [5, 5.41) is 5.47. The Hall–Kier alpha value is -1.99. The van der Waals surface area contributed by atoms with Crippen LogP contribution in [0.3, 0.4) is 0 Å². The molecule has 0 aliphatic rings. The number of nitrogens with one attached hydrogen (secondary N) is 1. The maximum Gasteiger partial charge on any atom is 0.263 e. The third-order valence-electron chi connectivity index (χ3n) is 4.23. The molecular weight excluding hydrogens is 366 g/mol. The van der Waals surface area contributed by atoms with Crippen LogP contribution in [0.1, 0.15) is 37.5 Å². The van der Waals surface area contributed by atoms with E-state index >= 15 is 0 Å². The molecule has 0 spiro atoms. The number of aromatic nitrogens is 2. The third-order valence-corrected chi connectivity index (χ3v) is 6.15. The van der Waals surface area contributed by atoms with Gasteiger partial charge in [-0.05, 0) is 25.5 Å². The van der Waals surface area contributed by atoms with Gasteiger partial charge < -0.3 is 5.32 Å². The van der Waals surface area contributed by atoms with E-state index in [1.165, 1.54) is 39.9 Å². The van der Waals surface area contributed by atoms with Crippen LogP contribution in [0.2, 0.25) is 0 Å². The quantitative estimate of drug-likeness (QED) is 0.588. The predicted octanol–water partition coefficient (Wildman–Crippen LogP) is 4.19. The molecule has 138 valence electrons. The minimum absolute atomic E-state index is 0.00824. The second-order valence-corrected chi connectivity index (χ2v) is 8.47. The summed E-state index contributed by atoms with van der Waals surface area (Å²) in [6.07, 6.45) is 5.91. The fourth-order valence-corrected chi connectivity index (χ4v) is 4.69. The van der Waals surface area contributed by atoms with E-state index < -0.39 is 0 Å². The smallest absolute Gasteiger partial charge is 0.263 e. The summed E-state index contributed by atoms with van der Waals surface area (Å²) in [7, 11) is 0. The number of nitrogens with zero attached hydrogens (tertiary/aromatic N) is 2. The van der Waals surface area contributed by atoms with Gasteiger partial charge in [0, 0.05) is 27.2 Å². The SMILES string of the molecule is CCCCCCNC(=O)Cn1cnc2scc(-c3ccc(C)s3)c2c1=O. The Morgan fingerprint density at radius 1 is 1.27 bits per heavy atom. The number of aryl methyl sites for hydroxylation is 1. The van der Waals surface area contributed by atoms with Crippen LogP contribution in [0.5, 0.6) is 0 Å². The fraction of sp³-hybridized carbons (Fsp3) is 0.421. The van der Waals surface area contributed by atoms with E-state index in [-0.39, 0.29) is 18.0 Å². The summed E-state index contributed by atoms with van der Waals surface area (Å²) in [6, 6.07) is 4.08. The van der Waals surface area contributed by atoms with Crippen molar-refractivity contribution >= 4 is 38.8 Å². The molecule has 1 N–H and O–H groups in total. The molecule has 0 aliphatic heterocycles. The van der Waals surface area contributed by atoms with E-state index in [1.54, 1.807) is 11.3 Å². The van der Waals surface area contributed by atoms with Gasteiger partial charge in [0.2, 0.25) is 5.91 Å². The zero-order valence-electron chi connectivity index (χ0n) is 15.1. The van der Waals surface area contributed by atoms with E-state index in [0.717, 1.165) is 23.3 Å². The highest BCUT2D eigenvalue weighted by Gasteiger charge is 2.15. The Morgan fingerprint density at radius 3 is 2.85 bits per heavy atom. The van der Waals surface area contributed by atoms with Crippen molar-refractivity contribution in [3.8, 4) is 10.4 Å². The van der Waals surface area contributed by atoms with E-state index in [4.69, 9.17) is 0 Å². The highest BCUT2D eigenvalue weighted by molar-refractivity contribution is 7.19. The predicted molar refractivity (Wildman–Crippen MR) is 109 cm³/mol. The van der Waals surface area contributed by atoms with Crippen molar-refractivity contribution in [3.63, 3.8) is 0 Å². The van der Waals surface area contributed by atoms with Crippen LogP contribution < -0.4 is 10.9 Å². The lowest BCUT2D eigenvalue weighted by Crippen LogP contribution is -2.32. The van der Waals surface area contributed by atoms with Crippen molar-refractivity contribution < 1.29 is 4.79 Å². The Labute approximate surface area is 160 Å². The first-order chi connectivity index (χ1) is 12.6. The van der Waals surface area contributed by atoms with E-state index in [2.05, 4.69) is 17.2 Å². The molecule has 0 saturated heterocycles. The number of hydrogen-bond donors (Lipinski definition) is 1. The van der Waals surface area contributed by atoms with Crippen LogP contribution in [-0.4, -0.2) is 22.0 Å². The lowest BCUT2D eigenvalue weighted by molar-refractivity contribution is -0.121. The summed E-state index contributed by atoms with van der Waals surface area (Å²) < 4.78 is 1.40. The average molecular weight is 390 g/mol. The van der Waals surface area contributed by atoms with Crippen molar-refractivity contribution in [2.24, 2.45) is 0 Å². The van der Waals surface area contributed by atoms with Gasteiger partial charge in [-0.3, -0.25) is 14.2 Å². The second-order valence-electron chi connectivity index (χ2n) is 6.33. The number of fused-ring (bicyclic) bond motifs is 1. The molecule has 0 aromatic carbocycles. The van der Waals surface area contributed by atoms with Gasteiger partial charge >= 0.3 is 0 Å². The first kappa shape index (κ1) is 18.8. The van der Waals surface area contributed by atoms with Gasteiger partial charge in [0.1, 0.15) is 11.4 Å². The highest BCUT2D eigenvalue weighted by Crippen LogP contribution is 2.34. The lowest BCUT2D eigenvalue weighted by atomic mass is 10.2.